The van der Waals surface area contributed by atoms with Gasteiger partial charge in [-0.05, 0) is 60.4 Å². The number of methoxy groups -OCH3 is 1. The Morgan fingerprint density at radius 2 is 1.53 bits per heavy atom. The van der Waals surface area contributed by atoms with Crippen LogP contribution in [0.5, 0.6) is 5.75 Å². The molecule has 0 bridgehead atoms. The van der Waals surface area contributed by atoms with Crippen LogP contribution in [0.1, 0.15) is 36.0 Å². The third-order valence-electron chi connectivity index (χ3n) is 6.81. The van der Waals surface area contributed by atoms with Crippen molar-refractivity contribution in [2.24, 2.45) is 5.92 Å². The fourth-order valence-electron chi connectivity index (χ4n) is 4.72. The molecule has 0 radical (unpaired) electrons. The van der Waals surface area contributed by atoms with Crippen LogP contribution in [0.15, 0.2) is 48.5 Å². The molecule has 2 saturated heterocycles. The van der Waals surface area contributed by atoms with Crippen LogP contribution in [-0.2, 0) is 28.9 Å². The van der Waals surface area contributed by atoms with Crippen molar-refractivity contribution in [1.82, 2.24) is 9.80 Å². The molecule has 0 saturated carbocycles. The summed E-state index contributed by atoms with van der Waals surface area (Å²) < 4.78 is 10.6. The number of piperidine rings is 1. The Labute approximate surface area is 192 Å². The molecule has 2 heterocycles. The van der Waals surface area contributed by atoms with E-state index in [1.165, 1.54) is 16.7 Å². The highest BCUT2D eigenvalue weighted by Gasteiger charge is 2.22. The molecule has 0 aliphatic carbocycles. The van der Waals surface area contributed by atoms with Crippen LogP contribution in [0.25, 0.3) is 0 Å². The fraction of sp³-hybridized carbons (Fsp3) is 0.519. The first-order valence-corrected chi connectivity index (χ1v) is 12.0. The molecule has 5 nitrogen and oxygen atoms in total. The lowest BCUT2D eigenvalue weighted by Gasteiger charge is -2.32. The Morgan fingerprint density at radius 3 is 2.19 bits per heavy atom. The maximum absolute atomic E-state index is 12.6. The quantitative estimate of drug-likeness (QED) is 0.629. The molecule has 172 valence electrons. The summed E-state index contributed by atoms with van der Waals surface area (Å²) in [5.74, 6) is 1.81. The first kappa shape index (κ1) is 22.8. The van der Waals surface area contributed by atoms with Crippen LogP contribution in [0.2, 0.25) is 0 Å². The van der Waals surface area contributed by atoms with Gasteiger partial charge in [0.2, 0.25) is 5.91 Å². The predicted octanol–water partition coefficient (Wildman–Crippen LogP) is 3.94. The van der Waals surface area contributed by atoms with Crippen molar-refractivity contribution in [2.75, 3.05) is 46.5 Å². The van der Waals surface area contributed by atoms with Crippen molar-refractivity contribution in [3.05, 3.63) is 65.2 Å². The number of likely N-dealkylation sites (tertiary alicyclic amines) is 1. The first-order valence-electron chi connectivity index (χ1n) is 12.0. The van der Waals surface area contributed by atoms with Crippen molar-refractivity contribution in [1.29, 1.82) is 0 Å². The van der Waals surface area contributed by atoms with E-state index in [9.17, 15) is 4.79 Å². The number of aryl methyl sites for hydroxylation is 1. The molecule has 0 unspecified atom stereocenters. The fourth-order valence-corrected chi connectivity index (χ4v) is 4.72. The monoisotopic (exact) mass is 436 g/mol. The van der Waals surface area contributed by atoms with E-state index >= 15 is 0 Å². The van der Waals surface area contributed by atoms with Crippen LogP contribution < -0.4 is 4.74 Å². The summed E-state index contributed by atoms with van der Waals surface area (Å²) in [5.41, 5.74) is 3.99. The van der Waals surface area contributed by atoms with E-state index in [1.807, 2.05) is 24.3 Å². The number of benzene rings is 2. The summed E-state index contributed by atoms with van der Waals surface area (Å²) in [6.07, 6.45) is 4.69. The summed E-state index contributed by atoms with van der Waals surface area (Å²) in [4.78, 5) is 17.2. The number of nitrogens with zero attached hydrogens (tertiary/aromatic N) is 2. The van der Waals surface area contributed by atoms with Crippen LogP contribution in [0.4, 0.5) is 0 Å². The van der Waals surface area contributed by atoms with E-state index in [4.69, 9.17) is 9.47 Å². The van der Waals surface area contributed by atoms with Gasteiger partial charge in [-0.2, -0.15) is 0 Å². The van der Waals surface area contributed by atoms with Gasteiger partial charge >= 0.3 is 0 Å². The van der Waals surface area contributed by atoms with Crippen molar-refractivity contribution < 1.29 is 14.3 Å². The standard InChI is InChI=1S/C27H36N2O3/c1-31-26-9-6-22(7-10-26)8-11-27(30)29-14-12-24(13-15-29)20-23-2-4-25(5-3-23)21-28-16-18-32-19-17-28/h2-7,9-10,24H,8,11-21H2,1H3. The van der Waals surface area contributed by atoms with Crippen LogP contribution in [0, 0.1) is 5.92 Å². The lowest BCUT2D eigenvalue weighted by atomic mass is 9.89. The molecule has 0 aromatic heterocycles. The Bertz CT molecular complexity index is 836. The van der Waals surface area contributed by atoms with Crippen molar-refractivity contribution in [2.45, 2.75) is 38.6 Å². The molecule has 2 fully saturated rings. The SMILES string of the molecule is COc1ccc(CCC(=O)N2CCC(Cc3ccc(CN4CCOCC4)cc3)CC2)cc1. The van der Waals surface area contributed by atoms with Gasteiger partial charge in [0, 0.05) is 39.1 Å². The van der Waals surface area contributed by atoms with E-state index in [0.29, 0.717) is 12.3 Å². The number of amides is 1. The van der Waals surface area contributed by atoms with E-state index < -0.39 is 0 Å². The molecule has 2 aromatic carbocycles. The summed E-state index contributed by atoms with van der Waals surface area (Å²) in [6.45, 7) is 6.54. The smallest absolute Gasteiger partial charge is 0.222 e. The molecule has 1 amide bonds. The number of hydrogen-bond acceptors (Lipinski definition) is 4. The number of ether oxygens (including phenoxy) is 2. The minimum atomic E-state index is 0.284. The zero-order valence-corrected chi connectivity index (χ0v) is 19.3. The topological polar surface area (TPSA) is 42.0 Å². The molecular weight excluding hydrogens is 400 g/mol. The lowest BCUT2D eigenvalue weighted by molar-refractivity contribution is -0.132. The highest BCUT2D eigenvalue weighted by molar-refractivity contribution is 5.76. The van der Waals surface area contributed by atoms with Gasteiger partial charge in [0.05, 0.1) is 20.3 Å². The van der Waals surface area contributed by atoms with Crippen LogP contribution >= 0.6 is 0 Å². The largest absolute Gasteiger partial charge is 0.497 e. The minimum absolute atomic E-state index is 0.284. The zero-order chi connectivity index (χ0) is 22.2. The highest BCUT2D eigenvalue weighted by Crippen LogP contribution is 2.23. The van der Waals surface area contributed by atoms with Crippen LogP contribution in [-0.4, -0.2) is 62.2 Å². The van der Waals surface area contributed by atoms with E-state index in [2.05, 4.69) is 34.1 Å². The van der Waals surface area contributed by atoms with Gasteiger partial charge in [-0.3, -0.25) is 9.69 Å². The zero-order valence-electron chi connectivity index (χ0n) is 19.3. The van der Waals surface area contributed by atoms with E-state index in [1.54, 1.807) is 7.11 Å². The van der Waals surface area contributed by atoms with Gasteiger partial charge in [-0.25, -0.2) is 0 Å². The molecule has 2 aliphatic heterocycles. The second-order valence-electron chi connectivity index (χ2n) is 9.08. The number of rotatable bonds is 8. The third-order valence-corrected chi connectivity index (χ3v) is 6.81. The Balaban J connectivity index is 1.17. The van der Waals surface area contributed by atoms with Gasteiger partial charge in [0.25, 0.3) is 0 Å². The molecule has 0 atom stereocenters. The maximum Gasteiger partial charge on any atom is 0.222 e. The highest BCUT2D eigenvalue weighted by atomic mass is 16.5. The average molecular weight is 437 g/mol. The summed E-state index contributed by atoms with van der Waals surface area (Å²) in [5, 5.41) is 0. The average Bonchev–Trinajstić information content (AvgIpc) is 2.85. The minimum Gasteiger partial charge on any atom is -0.497 e. The summed E-state index contributed by atoms with van der Waals surface area (Å²) in [6, 6.07) is 17.2. The summed E-state index contributed by atoms with van der Waals surface area (Å²) >= 11 is 0. The van der Waals surface area contributed by atoms with Gasteiger partial charge in [-0.1, -0.05) is 36.4 Å². The molecule has 2 aromatic rings. The lowest BCUT2D eigenvalue weighted by Crippen LogP contribution is -2.39. The number of morpholine rings is 1. The second kappa shape index (κ2) is 11.5. The number of hydrogen-bond donors (Lipinski definition) is 0. The maximum atomic E-state index is 12.6. The summed E-state index contributed by atoms with van der Waals surface area (Å²) in [7, 11) is 1.67. The Kier molecular flexibility index (Phi) is 8.18. The van der Waals surface area contributed by atoms with E-state index in [0.717, 1.165) is 77.4 Å². The molecule has 32 heavy (non-hydrogen) atoms. The van der Waals surface area contributed by atoms with Gasteiger partial charge in [0.1, 0.15) is 5.75 Å². The normalized spacial score (nSPS) is 18.0. The molecular formula is C27H36N2O3. The predicted molar refractivity (Wildman–Crippen MR) is 127 cm³/mol. The number of carbonyl (C=O) groups is 1. The third kappa shape index (κ3) is 6.57. The number of carbonyl (C=O) groups excluding carboxylic acids is 1. The molecule has 4 rings (SSSR count). The Morgan fingerprint density at radius 1 is 0.906 bits per heavy atom. The molecule has 0 N–H and O–H groups in total. The van der Waals surface area contributed by atoms with Crippen molar-refractivity contribution >= 4 is 5.91 Å². The second-order valence-corrected chi connectivity index (χ2v) is 9.08. The molecule has 0 spiro atoms. The van der Waals surface area contributed by atoms with Crippen LogP contribution in [0.3, 0.4) is 0 Å². The van der Waals surface area contributed by atoms with Gasteiger partial charge in [0.15, 0.2) is 0 Å². The molecule has 2 aliphatic rings. The molecule has 5 heteroatoms. The Hall–Kier alpha value is -2.37. The first-order chi connectivity index (χ1) is 15.7. The van der Waals surface area contributed by atoms with Gasteiger partial charge in [-0.15, -0.1) is 0 Å². The van der Waals surface area contributed by atoms with Gasteiger partial charge < -0.3 is 14.4 Å². The van der Waals surface area contributed by atoms with E-state index in [-0.39, 0.29) is 5.91 Å². The van der Waals surface area contributed by atoms with Crippen molar-refractivity contribution in [3.8, 4) is 5.75 Å². The van der Waals surface area contributed by atoms with Crippen molar-refractivity contribution in [3.63, 3.8) is 0 Å².